The number of rotatable bonds is 4. The molecule has 0 heterocycles. The third-order valence-electron chi connectivity index (χ3n) is 1.57. The molecule has 66 valence electrons. The maximum absolute atomic E-state index is 10.9. The average Bonchev–Trinajstić information content (AvgIpc) is 2.05. The highest BCUT2D eigenvalue weighted by atomic mass is 16.2. The first-order valence-electron chi connectivity index (χ1n) is 4.01. The van der Waals surface area contributed by atoms with Crippen LogP contribution in [0.5, 0.6) is 0 Å². The van der Waals surface area contributed by atoms with Crippen LogP contribution in [0.1, 0.15) is 26.7 Å². The predicted octanol–water partition coefficient (Wildman–Crippen LogP) is 0.692. The van der Waals surface area contributed by atoms with E-state index >= 15 is 0 Å². The number of nitrogens with zero attached hydrogens (tertiary/aromatic N) is 1. The van der Waals surface area contributed by atoms with Crippen molar-refractivity contribution in [1.82, 2.24) is 10.3 Å². The number of hydrogen-bond donors (Lipinski definition) is 2. The van der Waals surface area contributed by atoms with Crippen LogP contribution in [0.2, 0.25) is 0 Å². The zero-order valence-electron chi connectivity index (χ0n) is 7.26. The van der Waals surface area contributed by atoms with Gasteiger partial charge in [0.05, 0.1) is 0 Å². The van der Waals surface area contributed by atoms with E-state index in [2.05, 4.69) is 12.3 Å². The average molecular weight is 159 g/mol. The number of urea groups is 1. The van der Waals surface area contributed by atoms with Gasteiger partial charge in [-0.05, 0) is 13.3 Å². The van der Waals surface area contributed by atoms with Crippen LogP contribution in [0.15, 0.2) is 0 Å². The molecule has 0 radical (unpaired) electrons. The van der Waals surface area contributed by atoms with Gasteiger partial charge in [0, 0.05) is 13.1 Å². The quantitative estimate of drug-likeness (QED) is 0.360. The van der Waals surface area contributed by atoms with Crippen LogP contribution in [-0.4, -0.2) is 24.0 Å². The number of unbranched alkanes of at least 4 members (excludes halogenated alkanes) is 1. The first-order valence-corrected chi connectivity index (χ1v) is 4.01. The molecule has 4 heteroatoms. The molecule has 4 nitrogen and oxygen atoms in total. The summed E-state index contributed by atoms with van der Waals surface area (Å²) in [5.74, 6) is 4.98. The van der Waals surface area contributed by atoms with Crippen LogP contribution >= 0.6 is 0 Å². The smallest absolute Gasteiger partial charge is 0.324 e. The highest BCUT2D eigenvalue weighted by Crippen LogP contribution is 1.93. The maximum Gasteiger partial charge on any atom is 0.331 e. The van der Waals surface area contributed by atoms with Gasteiger partial charge in [-0.25, -0.2) is 10.6 Å². The summed E-state index contributed by atoms with van der Waals surface area (Å²) < 4.78 is 0. The van der Waals surface area contributed by atoms with Gasteiger partial charge in [0.2, 0.25) is 0 Å². The highest BCUT2D eigenvalue weighted by Gasteiger charge is 2.07. The van der Waals surface area contributed by atoms with E-state index in [4.69, 9.17) is 5.84 Å². The van der Waals surface area contributed by atoms with Gasteiger partial charge < -0.3 is 4.90 Å². The fourth-order valence-electron chi connectivity index (χ4n) is 0.844. The number of hydrogen-bond acceptors (Lipinski definition) is 2. The number of amides is 2. The van der Waals surface area contributed by atoms with Crippen LogP contribution in [0, 0.1) is 0 Å². The lowest BCUT2D eigenvalue weighted by Crippen LogP contribution is -2.43. The molecular weight excluding hydrogens is 142 g/mol. The lowest BCUT2D eigenvalue weighted by molar-refractivity contribution is 0.200. The van der Waals surface area contributed by atoms with Crippen molar-refractivity contribution in [2.24, 2.45) is 5.84 Å². The molecule has 0 saturated heterocycles. The summed E-state index contributed by atoms with van der Waals surface area (Å²) in [6, 6.07) is -0.194. The lowest BCUT2D eigenvalue weighted by Gasteiger charge is -2.19. The minimum absolute atomic E-state index is 0.194. The Bertz CT molecular complexity index is 116. The molecule has 11 heavy (non-hydrogen) atoms. The molecule has 2 amide bonds. The van der Waals surface area contributed by atoms with Crippen molar-refractivity contribution in [3.63, 3.8) is 0 Å². The summed E-state index contributed by atoms with van der Waals surface area (Å²) in [6.45, 7) is 5.53. The molecule has 0 aromatic heterocycles. The zero-order valence-corrected chi connectivity index (χ0v) is 7.26. The Morgan fingerprint density at radius 1 is 1.55 bits per heavy atom. The van der Waals surface area contributed by atoms with Crippen molar-refractivity contribution in [1.29, 1.82) is 0 Å². The zero-order chi connectivity index (χ0) is 8.69. The SMILES string of the molecule is CCCCN(CC)C(=O)NN. The molecule has 0 saturated carbocycles. The van der Waals surface area contributed by atoms with Crippen LogP contribution in [0.3, 0.4) is 0 Å². The summed E-state index contributed by atoms with van der Waals surface area (Å²) in [4.78, 5) is 12.6. The van der Waals surface area contributed by atoms with Gasteiger partial charge in [-0.3, -0.25) is 5.43 Å². The summed E-state index contributed by atoms with van der Waals surface area (Å²) >= 11 is 0. The normalized spacial score (nSPS) is 9.36. The number of nitrogens with two attached hydrogens (primary N) is 1. The van der Waals surface area contributed by atoms with E-state index in [1.165, 1.54) is 0 Å². The Morgan fingerprint density at radius 3 is 2.55 bits per heavy atom. The molecule has 0 aliphatic heterocycles. The topological polar surface area (TPSA) is 58.4 Å². The molecule has 0 aromatic rings. The second kappa shape index (κ2) is 5.97. The second-order valence-corrected chi connectivity index (χ2v) is 2.38. The van der Waals surface area contributed by atoms with E-state index < -0.39 is 0 Å². The molecule has 0 atom stereocenters. The molecule has 3 N–H and O–H groups in total. The molecular formula is C7H17N3O. The summed E-state index contributed by atoms with van der Waals surface area (Å²) in [6.07, 6.45) is 2.12. The van der Waals surface area contributed by atoms with Crippen molar-refractivity contribution < 1.29 is 4.79 Å². The Hall–Kier alpha value is -0.770. The van der Waals surface area contributed by atoms with Crippen molar-refractivity contribution >= 4 is 6.03 Å². The van der Waals surface area contributed by atoms with Gasteiger partial charge in [-0.1, -0.05) is 13.3 Å². The third-order valence-corrected chi connectivity index (χ3v) is 1.57. The monoisotopic (exact) mass is 159 g/mol. The van der Waals surface area contributed by atoms with Gasteiger partial charge in [-0.15, -0.1) is 0 Å². The highest BCUT2D eigenvalue weighted by molar-refractivity contribution is 5.73. The summed E-state index contributed by atoms with van der Waals surface area (Å²) in [5.41, 5.74) is 2.11. The fraction of sp³-hybridized carbons (Fsp3) is 0.857. The molecule has 0 aromatic carbocycles. The van der Waals surface area contributed by atoms with Crippen LogP contribution in [-0.2, 0) is 0 Å². The van der Waals surface area contributed by atoms with Crippen molar-refractivity contribution in [2.75, 3.05) is 13.1 Å². The van der Waals surface area contributed by atoms with Crippen LogP contribution < -0.4 is 11.3 Å². The Balaban J connectivity index is 3.65. The van der Waals surface area contributed by atoms with E-state index in [0.717, 1.165) is 19.4 Å². The van der Waals surface area contributed by atoms with E-state index in [-0.39, 0.29) is 6.03 Å². The van der Waals surface area contributed by atoms with Crippen molar-refractivity contribution in [3.05, 3.63) is 0 Å². The lowest BCUT2D eigenvalue weighted by atomic mass is 10.3. The molecule has 0 unspecified atom stereocenters. The Labute approximate surface area is 67.7 Å². The molecule has 0 aliphatic rings. The fourth-order valence-corrected chi connectivity index (χ4v) is 0.844. The van der Waals surface area contributed by atoms with Crippen molar-refractivity contribution in [2.45, 2.75) is 26.7 Å². The number of carbonyl (C=O) groups excluding carboxylic acids is 1. The molecule has 0 rings (SSSR count). The Morgan fingerprint density at radius 2 is 2.18 bits per heavy atom. The number of carbonyl (C=O) groups is 1. The first kappa shape index (κ1) is 10.2. The largest absolute Gasteiger partial charge is 0.331 e. The van der Waals surface area contributed by atoms with E-state index in [1.807, 2.05) is 6.92 Å². The van der Waals surface area contributed by atoms with Gasteiger partial charge in [-0.2, -0.15) is 0 Å². The number of nitrogens with one attached hydrogen (secondary N) is 1. The summed E-state index contributed by atoms with van der Waals surface area (Å²) in [5, 5.41) is 0. The maximum atomic E-state index is 10.9. The van der Waals surface area contributed by atoms with Gasteiger partial charge in [0.1, 0.15) is 0 Å². The van der Waals surface area contributed by atoms with Crippen molar-refractivity contribution in [3.8, 4) is 0 Å². The van der Waals surface area contributed by atoms with E-state index in [1.54, 1.807) is 4.90 Å². The third kappa shape index (κ3) is 3.83. The second-order valence-electron chi connectivity index (χ2n) is 2.38. The predicted molar refractivity (Wildman–Crippen MR) is 44.9 cm³/mol. The summed E-state index contributed by atoms with van der Waals surface area (Å²) in [7, 11) is 0. The molecule has 0 aliphatic carbocycles. The van der Waals surface area contributed by atoms with E-state index in [0.29, 0.717) is 6.54 Å². The first-order chi connectivity index (χ1) is 5.26. The van der Waals surface area contributed by atoms with Gasteiger partial charge in [0.25, 0.3) is 0 Å². The standard InChI is InChI=1S/C7H17N3O/c1-3-5-6-10(4-2)7(11)9-8/h3-6,8H2,1-2H3,(H,9,11). The minimum atomic E-state index is -0.194. The number of hydrazine groups is 1. The van der Waals surface area contributed by atoms with E-state index in [9.17, 15) is 4.79 Å². The minimum Gasteiger partial charge on any atom is -0.324 e. The molecule has 0 bridgehead atoms. The Kier molecular flexibility index (Phi) is 5.56. The van der Waals surface area contributed by atoms with Crippen LogP contribution in [0.4, 0.5) is 4.79 Å². The molecule has 0 fully saturated rings. The molecule has 0 spiro atoms. The van der Waals surface area contributed by atoms with Crippen LogP contribution in [0.25, 0.3) is 0 Å². The van der Waals surface area contributed by atoms with Gasteiger partial charge in [0.15, 0.2) is 0 Å². The van der Waals surface area contributed by atoms with Gasteiger partial charge >= 0.3 is 6.03 Å².